The molecule has 24 heavy (non-hydrogen) atoms. The Labute approximate surface area is 145 Å². The Balaban J connectivity index is 2.21. The Morgan fingerprint density at radius 1 is 1.38 bits per heavy atom. The second-order valence-electron chi connectivity index (χ2n) is 5.47. The zero-order valence-corrected chi connectivity index (χ0v) is 14.3. The molecule has 0 bridgehead atoms. The molecule has 8 heteroatoms. The molecule has 1 aliphatic heterocycles. The lowest BCUT2D eigenvalue weighted by atomic mass is 10.1. The number of halogens is 1. The van der Waals surface area contributed by atoms with E-state index in [0.29, 0.717) is 23.9 Å². The van der Waals surface area contributed by atoms with Crippen LogP contribution in [0.15, 0.2) is 18.2 Å². The molecule has 0 radical (unpaired) electrons. The van der Waals surface area contributed by atoms with Crippen LogP contribution in [-0.2, 0) is 14.3 Å². The number of carboxylic acid groups (broad SMARTS) is 1. The number of methoxy groups -OCH3 is 1. The van der Waals surface area contributed by atoms with Crippen LogP contribution in [0.4, 0.5) is 0 Å². The van der Waals surface area contributed by atoms with Crippen molar-refractivity contribution >= 4 is 23.5 Å². The van der Waals surface area contributed by atoms with E-state index in [0.717, 1.165) is 0 Å². The van der Waals surface area contributed by atoms with E-state index < -0.39 is 12.1 Å². The minimum atomic E-state index is -1.10. The summed E-state index contributed by atoms with van der Waals surface area (Å²) in [4.78, 5) is 25.5. The van der Waals surface area contributed by atoms with Crippen molar-refractivity contribution in [3.8, 4) is 5.75 Å². The van der Waals surface area contributed by atoms with Gasteiger partial charge in [-0.15, -0.1) is 0 Å². The van der Waals surface area contributed by atoms with Gasteiger partial charge in [0.25, 0.3) is 5.91 Å². The number of carboxylic acids is 1. The van der Waals surface area contributed by atoms with Gasteiger partial charge in [-0.1, -0.05) is 11.6 Å². The van der Waals surface area contributed by atoms with Crippen molar-refractivity contribution in [1.82, 2.24) is 4.90 Å². The predicted molar refractivity (Wildman–Crippen MR) is 86.7 cm³/mol. The molecule has 1 amide bonds. The van der Waals surface area contributed by atoms with Crippen LogP contribution in [0.2, 0.25) is 5.02 Å². The number of aliphatic carboxylic acids is 1. The molecule has 0 aromatic heterocycles. The third kappa shape index (κ3) is 4.59. The standard InChI is InChI=1S/C16H20ClNO6/c1-10-8-18(9-14(24-10)16(20)21)15(19)12-7-11(17)3-4-13(12)23-6-5-22-2/h3-4,7,10,14H,5-6,8-9H2,1-2H3,(H,20,21)/t10-,14?/m1/s1. The van der Waals surface area contributed by atoms with Gasteiger partial charge in [0.15, 0.2) is 6.10 Å². The van der Waals surface area contributed by atoms with Crippen molar-refractivity contribution in [3.05, 3.63) is 28.8 Å². The smallest absolute Gasteiger partial charge is 0.334 e. The van der Waals surface area contributed by atoms with Gasteiger partial charge < -0.3 is 24.2 Å². The molecule has 2 atom stereocenters. The summed E-state index contributed by atoms with van der Waals surface area (Å²) in [6.45, 7) is 2.67. The van der Waals surface area contributed by atoms with Crippen molar-refractivity contribution in [2.24, 2.45) is 0 Å². The van der Waals surface area contributed by atoms with E-state index in [9.17, 15) is 9.59 Å². The Bertz CT molecular complexity index is 608. The van der Waals surface area contributed by atoms with Gasteiger partial charge in [-0.25, -0.2) is 4.79 Å². The topological polar surface area (TPSA) is 85.3 Å². The summed E-state index contributed by atoms with van der Waals surface area (Å²) in [5, 5.41) is 9.54. The van der Waals surface area contributed by atoms with Gasteiger partial charge in [-0.05, 0) is 25.1 Å². The molecule has 1 fully saturated rings. The van der Waals surface area contributed by atoms with Crippen molar-refractivity contribution in [2.75, 3.05) is 33.4 Å². The van der Waals surface area contributed by atoms with Crippen LogP contribution in [0.5, 0.6) is 5.75 Å². The summed E-state index contributed by atoms with van der Waals surface area (Å²) in [7, 11) is 1.55. The van der Waals surface area contributed by atoms with Crippen LogP contribution < -0.4 is 4.74 Å². The molecule has 1 saturated heterocycles. The first kappa shape index (κ1) is 18.5. The normalized spacial score (nSPS) is 20.7. The number of benzene rings is 1. The molecular weight excluding hydrogens is 338 g/mol. The van der Waals surface area contributed by atoms with Crippen molar-refractivity contribution in [2.45, 2.75) is 19.1 Å². The van der Waals surface area contributed by atoms with E-state index >= 15 is 0 Å². The first-order chi connectivity index (χ1) is 11.4. The van der Waals surface area contributed by atoms with E-state index in [4.69, 9.17) is 30.9 Å². The Hall–Kier alpha value is -1.83. The number of hydrogen-bond acceptors (Lipinski definition) is 5. The molecule has 7 nitrogen and oxygen atoms in total. The van der Waals surface area contributed by atoms with Crippen molar-refractivity contribution in [1.29, 1.82) is 0 Å². The third-order valence-corrected chi connectivity index (χ3v) is 3.78. The highest BCUT2D eigenvalue weighted by Crippen LogP contribution is 2.26. The van der Waals surface area contributed by atoms with E-state index in [1.165, 1.54) is 11.0 Å². The van der Waals surface area contributed by atoms with Crippen molar-refractivity contribution < 1.29 is 28.9 Å². The maximum absolute atomic E-state index is 12.8. The summed E-state index contributed by atoms with van der Waals surface area (Å²) in [5.74, 6) is -1.05. The molecule has 0 spiro atoms. The summed E-state index contributed by atoms with van der Waals surface area (Å²) in [5.41, 5.74) is 0.289. The average Bonchev–Trinajstić information content (AvgIpc) is 2.55. The summed E-state index contributed by atoms with van der Waals surface area (Å²) >= 11 is 6.00. The Morgan fingerprint density at radius 2 is 2.12 bits per heavy atom. The molecule has 0 saturated carbocycles. The molecule has 0 aliphatic carbocycles. The van der Waals surface area contributed by atoms with E-state index in [-0.39, 0.29) is 30.7 Å². The van der Waals surface area contributed by atoms with E-state index in [1.807, 2.05) is 0 Å². The third-order valence-electron chi connectivity index (χ3n) is 3.54. The fourth-order valence-corrected chi connectivity index (χ4v) is 2.63. The average molecular weight is 358 g/mol. The lowest BCUT2D eigenvalue weighted by Gasteiger charge is -2.35. The van der Waals surface area contributed by atoms with Gasteiger partial charge >= 0.3 is 5.97 Å². The highest BCUT2D eigenvalue weighted by Gasteiger charge is 2.33. The van der Waals surface area contributed by atoms with Crippen LogP contribution in [0.3, 0.4) is 0 Å². The summed E-state index contributed by atoms with van der Waals surface area (Å²) < 4.78 is 15.8. The first-order valence-electron chi connectivity index (χ1n) is 7.51. The zero-order valence-electron chi connectivity index (χ0n) is 13.5. The Kier molecular flexibility index (Phi) is 6.42. The van der Waals surface area contributed by atoms with Gasteiger partial charge in [-0.3, -0.25) is 4.79 Å². The van der Waals surface area contributed by atoms with Gasteiger partial charge in [0.1, 0.15) is 12.4 Å². The van der Waals surface area contributed by atoms with Crippen LogP contribution in [0.25, 0.3) is 0 Å². The molecule has 1 N–H and O–H groups in total. The zero-order chi connectivity index (χ0) is 17.7. The van der Waals surface area contributed by atoms with E-state index in [1.54, 1.807) is 26.2 Å². The first-order valence-corrected chi connectivity index (χ1v) is 7.89. The SMILES string of the molecule is COCCOc1ccc(Cl)cc1C(=O)N1CC(C(=O)O)O[C@H](C)C1. The molecule has 1 heterocycles. The molecule has 1 unspecified atom stereocenters. The highest BCUT2D eigenvalue weighted by atomic mass is 35.5. The fourth-order valence-electron chi connectivity index (χ4n) is 2.45. The predicted octanol–water partition coefficient (Wildman–Crippen LogP) is 1.68. The summed E-state index contributed by atoms with van der Waals surface area (Å²) in [6.07, 6.45) is -1.42. The molecule has 1 aromatic rings. The minimum Gasteiger partial charge on any atom is -0.490 e. The number of morpholine rings is 1. The van der Waals surface area contributed by atoms with Crippen LogP contribution in [0, 0.1) is 0 Å². The number of ether oxygens (including phenoxy) is 3. The quantitative estimate of drug-likeness (QED) is 0.780. The molecule has 1 aromatic carbocycles. The number of rotatable bonds is 6. The van der Waals surface area contributed by atoms with Crippen molar-refractivity contribution in [3.63, 3.8) is 0 Å². The largest absolute Gasteiger partial charge is 0.490 e. The fraction of sp³-hybridized carbons (Fsp3) is 0.500. The second-order valence-corrected chi connectivity index (χ2v) is 5.90. The highest BCUT2D eigenvalue weighted by molar-refractivity contribution is 6.31. The molecule has 2 rings (SSSR count). The number of nitrogens with zero attached hydrogens (tertiary/aromatic N) is 1. The maximum Gasteiger partial charge on any atom is 0.334 e. The van der Waals surface area contributed by atoms with Crippen LogP contribution in [0.1, 0.15) is 17.3 Å². The van der Waals surface area contributed by atoms with Gasteiger partial charge in [0.2, 0.25) is 0 Å². The number of amides is 1. The minimum absolute atomic E-state index is 0.0253. The molecule has 132 valence electrons. The summed E-state index contributed by atoms with van der Waals surface area (Å²) in [6, 6.07) is 4.76. The lowest BCUT2D eigenvalue weighted by Crippen LogP contribution is -2.51. The molecule has 1 aliphatic rings. The monoisotopic (exact) mass is 357 g/mol. The number of hydrogen-bond donors (Lipinski definition) is 1. The van der Waals surface area contributed by atoms with Gasteiger partial charge in [0.05, 0.1) is 24.8 Å². The Morgan fingerprint density at radius 3 is 2.79 bits per heavy atom. The number of carbonyl (C=O) groups is 2. The van der Waals surface area contributed by atoms with Crippen LogP contribution >= 0.6 is 11.6 Å². The number of carbonyl (C=O) groups excluding carboxylic acids is 1. The van der Waals surface area contributed by atoms with Gasteiger partial charge in [-0.2, -0.15) is 0 Å². The van der Waals surface area contributed by atoms with Crippen LogP contribution in [-0.4, -0.2) is 67.5 Å². The molecular formula is C16H20ClNO6. The van der Waals surface area contributed by atoms with E-state index in [2.05, 4.69) is 0 Å². The van der Waals surface area contributed by atoms with Gasteiger partial charge in [0, 0.05) is 18.7 Å². The maximum atomic E-state index is 12.8. The lowest BCUT2D eigenvalue weighted by molar-refractivity contribution is -0.160. The second kappa shape index (κ2) is 8.32.